The van der Waals surface area contributed by atoms with Gasteiger partial charge in [0.05, 0.1) is 11.3 Å². The molecular formula is C23H25ClN4O2. The maximum Gasteiger partial charge on any atom is 0.257 e. The van der Waals surface area contributed by atoms with Crippen LogP contribution in [0.15, 0.2) is 42.5 Å². The number of benzene rings is 2. The van der Waals surface area contributed by atoms with Gasteiger partial charge in [0.1, 0.15) is 6.17 Å². The summed E-state index contributed by atoms with van der Waals surface area (Å²) in [5.41, 5.74) is 3.34. The van der Waals surface area contributed by atoms with Gasteiger partial charge in [0.2, 0.25) is 0 Å². The highest BCUT2D eigenvalue weighted by Crippen LogP contribution is 2.35. The zero-order valence-electron chi connectivity index (χ0n) is 17.1. The monoisotopic (exact) mass is 424 g/mol. The summed E-state index contributed by atoms with van der Waals surface area (Å²) in [6.45, 7) is 3.72. The summed E-state index contributed by atoms with van der Waals surface area (Å²) >= 11 is 5.98. The highest BCUT2D eigenvalue weighted by Gasteiger charge is 2.39. The molecule has 3 aliphatic heterocycles. The third-order valence-corrected chi connectivity index (χ3v) is 6.79. The molecule has 2 aromatic rings. The molecule has 6 nitrogen and oxygen atoms in total. The van der Waals surface area contributed by atoms with Gasteiger partial charge in [-0.05, 0) is 55.3 Å². The Morgan fingerprint density at radius 2 is 1.73 bits per heavy atom. The van der Waals surface area contributed by atoms with Gasteiger partial charge in [-0.25, -0.2) is 0 Å². The Balaban J connectivity index is 1.31. The van der Waals surface area contributed by atoms with Crippen LogP contribution in [0.3, 0.4) is 0 Å². The SMILES string of the molecule is CN1c2cc(C(=O)N3CCN(c4ccc(Cl)cc4)CC3)ccc2C(=O)N2CCC[C@H]21. The van der Waals surface area contributed by atoms with Crippen molar-refractivity contribution in [3.8, 4) is 0 Å². The van der Waals surface area contributed by atoms with Gasteiger partial charge < -0.3 is 19.6 Å². The quantitative estimate of drug-likeness (QED) is 0.742. The van der Waals surface area contributed by atoms with Crippen LogP contribution in [-0.2, 0) is 0 Å². The average Bonchev–Trinajstić information content (AvgIpc) is 3.28. The molecule has 156 valence electrons. The summed E-state index contributed by atoms with van der Waals surface area (Å²) in [7, 11) is 2.02. The van der Waals surface area contributed by atoms with Crippen molar-refractivity contribution in [2.75, 3.05) is 49.6 Å². The molecule has 30 heavy (non-hydrogen) atoms. The largest absolute Gasteiger partial charge is 0.368 e. The predicted octanol–water partition coefficient (Wildman–Crippen LogP) is 3.31. The summed E-state index contributed by atoms with van der Waals surface area (Å²) in [6.07, 6.45) is 2.11. The normalized spacial score (nSPS) is 21.0. The molecule has 0 aromatic heterocycles. The van der Waals surface area contributed by atoms with Crippen LogP contribution in [0.2, 0.25) is 5.02 Å². The number of halogens is 1. The molecule has 0 bridgehead atoms. The van der Waals surface area contributed by atoms with Crippen LogP contribution in [0.5, 0.6) is 0 Å². The lowest BCUT2D eigenvalue weighted by Crippen LogP contribution is -2.50. The standard InChI is InChI=1S/C23H25ClN4O2/c1-25-20-15-16(4-9-19(20)23(30)28-10-2-3-21(25)28)22(29)27-13-11-26(12-14-27)18-7-5-17(24)6-8-18/h4-9,15,21H,2-3,10-14H2,1H3/t21-/m0/s1. The molecule has 2 aromatic carbocycles. The van der Waals surface area contributed by atoms with E-state index in [1.54, 1.807) is 6.07 Å². The molecule has 0 aliphatic carbocycles. The van der Waals surface area contributed by atoms with E-state index < -0.39 is 0 Å². The fraction of sp³-hybridized carbons (Fsp3) is 0.391. The van der Waals surface area contributed by atoms with Crippen molar-refractivity contribution in [3.63, 3.8) is 0 Å². The van der Waals surface area contributed by atoms with E-state index in [4.69, 9.17) is 11.6 Å². The van der Waals surface area contributed by atoms with Gasteiger partial charge in [-0.15, -0.1) is 0 Å². The Hall–Kier alpha value is -2.73. The number of amides is 2. The minimum atomic E-state index is 0.0308. The zero-order valence-corrected chi connectivity index (χ0v) is 17.8. The molecule has 0 N–H and O–H groups in total. The van der Waals surface area contributed by atoms with Crippen molar-refractivity contribution in [2.24, 2.45) is 0 Å². The van der Waals surface area contributed by atoms with Gasteiger partial charge in [-0.2, -0.15) is 0 Å². The highest BCUT2D eigenvalue weighted by molar-refractivity contribution is 6.30. The number of hydrogen-bond donors (Lipinski definition) is 0. The number of nitrogens with zero attached hydrogens (tertiary/aromatic N) is 4. The third kappa shape index (κ3) is 3.19. The molecule has 3 heterocycles. The number of carbonyl (C=O) groups is 2. The molecule has 0 spiro atoms. The molecule has 7 heteroatoms. The molecule has 2 amide bonds. The summed E-state index contributed by atoms with van der Waals surface area (Å²) in [5, 5.41) is 0.726. The fourth-order valence-corrected chi connectivity index (χ4v) is 4.97. The molecule has 2 saturated heterocycles. The van der Waals surface area contributed by atoms with Gasteiger partial charge >= 0.3 is 0 Å². The van der Waals surface area contributed by atoms with Crippen LogP contribution in [-0.4, -0.2) is 67.6 Å². The summed E-state index contributed by atoms with van der Waals surface area (Å²) in [6, 6.07) is 13.3. The van der Waals surface area contributed by atoms with Crippen LogP contribution >= 0.6 is 11.6 Å². The van der Waals surface area contributed by atoms with Gasteiger partial charge in [-0.3, -0.25) is 9.59 Å². The second-order valence-corrected chi connectivity index (χ2v) is 8.66. The smallest absolute Gasteiger partial charge is 0.257 e. The molecule has 0 unspecified atom stereocenters. The lowest BCUT2D eigenvalue weighted by atomic mass is 10.0. The predicted molar refractivity (Wildman–Crippen MR) is 118 cm³/mol. The van der Waals surface area contributed by atoms with Crippen molar-refractivity contribution in [1.82, 2.24) is 9.80 Å². The minimum Gasteiger partial charge on any atom is -0.368 e. The van der Waals surface area contributed by atoms with Gasteiger partial charge in [-0.1, -0.05) is 11.6 Å². The summed E-state index contributed by atoms with van der Waals surface area (Å²) < 4.78 is 0. The summed E-state index contributed by atoms with van der Waals surface area (Å²) in [5.74, 6) is 0.115. The number of anilines is 2. The number of rotatable bonds is 2. The van der Waals surface area contributed by atoms with Crippen LogP contribution in [0.25, 0.3) is 0 Å². The minimum absolute atomic E-state index is 0.0308. The first-order chi connectivity index (χ1) is 14.5. The van der Waals surface area contributed by atoms with Crippen LogP contribution in [0.4, 0.5) is 11.4 Å². The highest BCUT2D eigenvalue weighted by atomic mass is 35.5. The first kappa shape index (κ1) is 19.2. The molecule has 3 aliphatic rings. The van der Waals surface area contributed by atoms with Gasteiger partial charge in [0.25, 0.3) is 11.8 Å². The zero-order chi connectivity index (χ0) is 20.8. The van der Waals surface area contributed by atoms with Crippen molar-refractivity contribution in [3.05, 3.63) is 58.6 Å². The molecule has 1 atom stereocenters. The van der Waals surface area contributed by atoms with Crippen LogP contribution in [0.1, 0.15) is 33.6 Å². The van der Waals surface area contributed by atoms with E-state index in [0.717, 1.165) is 48.9 Å². The Labute approximate surface area is 181 Å². The lowest BCUT2D eigenvalue weighted by Gasteiger charge is -2.40. The molecule has 0 radical (unpaired) electrons. The fourth-order valence-electron chi connectivity index (χ4n) is 4.84. The van der Waals surface area contributed by atoms with E-state index in [-0.39, 0.29) is 18.0 Å². The van der Waals surface area contributed by atoms with Gasteiger partial charge in [0.15, 0.2) is 0 Å². The second-order valence-electron chi connectivity index (χ2n) is 8.22. The van der Waals surface area contributed by atoms with E-state index in [1.807, 2.05) is 53.2 Å². The third-order valence-electron chi connectivity index (χ3n) is 6.54. The van der Waals surface area contributed by atoms with E-state index in [0.29, 0.717) is 24.2 Å². The average molecular weight is 425 g/mol. The van der Waals surface area contributed by atoms with Crippen LogP contribution < -0.4 is 9.80 Å². The van der Waals surface area contributed by atoms with Crippen molar-refractivity contribution in [2.45, 2.75) is 19.0 Å². The van der Waals surface area contributed by atoms with Crippen molar-refractivity contribution in [1.29, 1.82) is 0 Å². The van der Waals surface area contributed by atoms with E-state index >= 15 is 0 Å². The number of hydrogen-bond acceptors (Lipinski definition) is 4. The Morgan fingerprint density at radius 3 is 2.47 bits per heavy atom. The lowest BCUT2D eigenvalue weighted by molar-refractivity contribution is 0.0713. The van der Waals surface area contributed by atoms with Crippen LogP contribution in [0, 0.1) is 0 Å². The van der Waals surface area contributed by atoms with Gasteiger partial charge in [0, 0.05) is 56.0 Å². The second kappa shape index (κ2) is 7.51. The Kier molecular flexibility index (Phi) is 4.82. The molecule has 0 saturated carbocycles. The Morgan fingerprint density at radius 1 is 1.00 bits per heavy atom. The maximum atomic E-state index is 13.2. The Bertz CT molecular complexity index is 985. The molecular weight excluding hydrogens is 400 g/mol. The van der Waals surface area contributed by atoms with Crippen molar-refractivity contribution < 1.29 is 9.59 Å². The van der Waals surface area contributed by atoms with E-state index in [9.17, 15) is 9.59 Å². The first-order valence-electron chi connectivity index (χ1n) is 10.5. The topological polar surface area (TPSA) is 47.1 Å². The number of carbonyl (C=O) groups excluding carboxylic acids is 2. The van der Waals surface area contributed by atoms with E-state index in [2.05, 4.69) is 9.80 Å². The van der Waals surface area contributed by atoms with E-state index in [1.165, 1.54) is 0 Å². The number of piperazine rings is 1. The molecule has 5 rings (SSSR count). The molecule has 2 fully saturated rings. The number of fused-ring (bicyclic) bond motifs is 2. The maximum absolute atomic E-state index is 13.2. The van der Waals surface area contributed by atoms with Crippen molar-refractivity contribution >= 4 is 34.8 Å². The first-order valence-corrected chi connectivity index (χ1v) is 10.9. The summed E-state index contributed by atoms with van der Waals surface area (Å²) in [4.78, 5) is 34.2.